The molecule has 0 aliphatic carbocycles. The molecule has 20 heavy (non-hydrogen) atoms. The molecule has 2 aromatic rings. The van der Waals surface area contributed by atoms with Gasteiger partial charge in [-0.25, -0.2) is 4.98 Å². The molecule has 0 saturated carbocycles. The molecule has 0 amide bonds. The number of benzene rings is 1. The van der Waals surface area contributed by atoms with Gasteiger partial charge in [0.2, 0.25) is 0 Å². The molecule has 0 spiro atoms. The van der Waals surface area contributed by atoms with Gasteiger partial charge in [0.1, 0.15) is 5.01 Å². The van der Waals surface area contributed by atoms with Crippen LogP contribution in [0.1, 0.15) is 31.7 Å². The SMILES string of the molecule is CC(C)(C(=O)Cc1nc2ccccc2s1)N1CCCC1. The topological polar surface area (TPSA) is 33.2 Å². The molecule has 1 fully saturated rings. The molecule has 4 heteroatoms. The highest BCUT2D eigenvalue weighted by Crippen LogP contribution is 2.26. The summed E-state index contributed by atoms with van der Waals surface area (Å²) in [6, 6.07) is 8.07. The second-order valence-electron chi connectivity index (χ2n) is 5.93. The standard InChI is InChI=1S/C16H20N2OS/c1-16(2,18-9-5-6-10-18)14(19)11-15-17-12-7-3-4-8-13(12)20-15/h3-4,7-8H,5-6,9-11H2,1-2H3. The maximum absolute atomic E-state index is 12.6. The Morgan fingerprint density at radius 1 is 1.30 bits per heavy atom. The molecule has 0 unspecified atom stereocenters. The molecular weight excluding hydrogens is 268 g/mol. The number of ketones is 1. The summed E-state index contributed by atoms with van der Waals surface area (Å²) < 4.78 is 1.16. The summed E-state index contributed by atoms with van der Waals surface area (Å²) in [5, 5.41) is 0.934. The number of nitrogens with zero attached hydrogens (tertiary/aromatic N) is 2. The number of hydrogen-bond donors (Lipinski definition) is 0. The van der Waals surface area contributed by atoms with E-state index in [0.29, 0.717) is 6.42 Å². The van der Waals surface area contributed by atoms with E-state index in [9.17, 15) is 4.79 Å². The van der Waals surface area contributed by atoms with Crippen molar-refractivity contribution in [1.29, 1.82) is 0 Å². The van der Waals surface area contributed by atoms with Crippen LogP contribution in [0.2, 0.25) is 0 Å². The second-order valence-corrected chi connectivity index (χ2v) is 7.04. The van der Waals surface area contributed by atoms with Gasteiger partial charge in [0, 0.05) is 0 Å². The van der Waals surface area contributed by atoms with E-state index in [0.717, 1.165) is 28.3 Å². The Kier molecular flexibility index (Phi) is 3.61. The number of fused-ring (bicyclic) bond motifs is 1. The Balaban J connectivity index is 1.77. The van der Waals surface area contributed by atoms with E-state index in [4.69, 9.17) is 0 Å². The van der Waals surface area contributed by atoms with E-state index < -0.39 is 0 Å². The predicted molar refractivity (Wildman–Crippen MR) is 83.2 cm³/mol. The molecule has 0 N–H and O–H groups in total. The summed E-state index contributed by atoms with van der Waals surface area (Å²) in [6.45, 7) is 6.18. The number of carbonyl (C=O) groups excluding carboxylic acids is 1. The zero-order valence-electron chi connectivity index (χ0n) is 12.1. The molecule has 2 heterocycles. The third-order valence-electron chi connectivity index (χ3n) is 4.23. The normalized spacial score (nSPS) is 16.9. The van der Waals surface area contributed by atoms with E-state index in [2.05, 4.69) is 16.0 Å². The van der Waals surface area contributed by atoms with Crippen molar-refractivity contribution >= 4 is 27.3 Å². The van der Waals surface area contributed by atoms with Gasteiger partial charge in [-0.05, 0) is 51.9 Å². The van der Waals surface area contributed by atoms with Crippen LogP contribution in [-0.2, 0) is 11.2 Å². The van der Waals surface area contributed by atoms with Crippen LogP contribution < -0.4 is 0 Å². The number of thiazole rings is 1. The van der Waals surface area contributed by atoms with E-state index >= 15 is 0 Å². The lowest BCUT2D eigenvalue weighted by molar-refractivity contribution is -0.128. The van der Waals surface area contributed by atoms with E-state index in [1.54, 1.807) is 11.3 Å². The van der Waals surface area contributed by atoms with Gasteiger partial charge in [0.15, 0.2) is 5.78 Å². The van der Waals surface area contributed by atoms with Gasteiger partial charge in [-0.2, -0.15) is 0 Å². The van der Waals surface area contributed by atoms with Gasteiger partial charge in [-0.15, -0.1) is 11.3 Å². The second kappa shape index (κ2) is 5.26. The minimum Gasteiger partial charge on any atom is -0.297 e. The molecule has 0 atom stereocenters. The number of Topliss-reactive ketones (excluding diaryl/α,β-unsaturated/α-hetero) is 1. The van der Waals surface area contributed by atoms with E-state index in [1.807, 2.05) is 32.0 Å². The minimum atomic E-state index is -0.367. The lowest BCUT2D eigenvalue weighted by atomic mass is 9.95. The molecule has 1 aromatic carbocycles. The van der Waals surface area contributed by atoms with Crippen molar-refractivity contribution in [3.63, 3.8) is 0 Å². The maximum Gasteiger partial charge on any atom is 0.159 e. The van der Waals surface area contributed by atoms with Gasteiger partial charge < -0.3 is 0 Å². The van der Waals surface area contributed by atoms with Crippen LogP contribution >= 0.6 is 11.3 Å². The number of hydrogen-bond acceptors (Lipinski definition) is 4. The van der Waals surface area contributed by atoms with Gasteiger partial charge in [-0.1, -0.05) is 12.1 Å². The first kappa shape index (κ1) is 13.7. The van der Waals surface area contributed by atoms with Crippen molar-refractivity contribution in [2.75, 3.05) is 13.1 Å². The van der Waals surface area contributed by atoms with Crippen LogP contribution in [0.5, 0.6) is 0 Å². The molecule has 1 aromatic heterocycles. The van der Waals surface area contributed by atoms with Gasteiger partial charge in [0.25, 0.3) is 0 Å². The summed E-state index contributed by atoms with van der Waals surface area (Å²) in [4.78, 5) is 19.5. The molecule has 0 radical (unpaired) electrons. The summed E-state index contributed by atoms with van der Waals surface area (Å²) in [6.07, 6.45) is 2.86. The third-order valence-corrected chi connectivity index (χ3v) is 5.27. The monoisotopic (exact) mass is 288 g/mol. The first-order valence-electron chi connectivity index (χ1n) is 7.20. The molecular formula is C16H20N2OS. The number of rotatable bonds is 4. The van der Waals surface area contributed by atoms with Crippen LogP contribution in [0.15, 0.2) is 24.3 Å². The predicted octanol–water partition coefficient (Wildman–Crippen LogP) is 3.28. The molecule has 106 valence electrons. The number of aromatic nitrogens is 1. The zero-order valence-corrected chi connectivity index (χ0v) is 12.9. The number of carbonyl (C=O) groups is 1. The fourth-order valence-electron chi connectivity index (χ4n) is 2.80. The van der Waals surface area contributed by atoms with E-state index in [-0.39, 0.29) is 11.3 Å². The van der Waals surface area contributed by atoms with Gasteiger partial charge >= 0.3 is 0 Å². The Morgan fingerprint density at radius 2 is 2.00 bits per heavy atom. The third kappa shape index (κ3) is 2.50. The average Bonchev–Trinajstić information content (AvgIpc) is 3.07. The van der Waals surface area contributed by atoms with Gasteiger partial charge in [0.05, 0.1) is 22.2 Å². The fourth-order valence-corrected chi connectivity index (χ4v) is 3.77. The summed E-state index contributed by atoms with van der Waals surface area (Å²) >= 11 is 1.63. The Hall–Kier alpha value is -1.26. The number of para-hydroxylation sites is 1. The molecule has 1 aliphatic heterocycles. The average molecular weight is 288 g/mol. The van der Waals surface area contributed by atoms with Crippen LogP contribution in [0.25, 0.3) is 10.2 Å². The fraction of sp³-hybridized carbons (Fsp3) is 0.500. The highest BCUT2D eigenvalue weighted by Gasteiger charge is 2.35. The zero-order chi connectivity index (χ0) is 14.2. The van der Waals surface area contributed by atoms with Crippen molar-refractivity contribution in [2.24, 2.45) is 0 Å². The van der Waals surface area contributed by atoms with E-state index in [1.165, 1.54) is 12.8 Å². The van der Waals surface area contributed by atoms with Crippen molar-refractivity contribution in [3.8, 4) is 0 Å². The lowest BCUT2D eigenvalue weighted by Crippen LogP contribution is -2.49. The smallest absolute Gasteiger partial charge is 0.159 e. The first-order chi connectivity index (χ1) is 9.57. The minimum absolute atomic E-state index is 0.276. The highest BCUT2D eigenvalue weighted by atomic mass is 32.1. The van der Waals surface area contributed by atoms with Crippen LogP contribution in [0.3, 0.4) is 0 Å². The molecule has 0 bridgehead atoms. The summed E-state index contributed by atoms with van der Waals surface area (Å²) in [5.41, 5.74) is 0.633. The van der Waals surface area contributed by atoms with Crippen molar-refractivity contribution in [2.45, 2.75) is 38.6 Å². The molecule has 3 rings (SSSR count). The number of likely N-dealkylation sites (tertiary alicyclic amines) is 1. The molecule has 3 nitrogen and oxygen atoms in total. The Labute approximate surface area is 123 Å². The van der Waals surface area contributed by atoms with Crippen molar-refractivity contribution in [1.82, 2.24) is 9.88 Å². The van der Waals surface area contributed by atoms with Gasteiger partial charge in [-0.3, -0.25) is 9.69 Å². The maximum atomic E-state index is 12.6. The Bertz CT molecular complexity index is 593. The highest BCUT2D eigenvalue weighted by molar-refractivity contribution is 7.18. The van der Waals surface area contributed by atoms with Crippen molar-refractivity contribution < 1.29 is 4.79 Å². The summed E-state index contributed by atoms with van der Waals surface area (Å²) in [7, 11) is 0. The first-order valence-corrected chi connectivity index (χ1v) is 8.02. The molecule has 1 aliphatic rings. The Morgan fingerprint density at radius 3 is 2.70 bits per heavy atom. The van der Waals surface area contributed by atoms with Crippen LogP contribution in [-0.4, -0.2) is 34.3 Å². The molecule has 1 saturated heterocycles. The quantitative estimate of drug-likeness (QED) is 0.865. The largest absolute Gasteiger partial charge is 0.297 e. The van der Waals surface area contributed by atoms with Crippen LogP contribution in [0.4, 0.5) is 0 Å². The van der Waals surface area contributed by atoms with Crippen molar-refractivity contribution in [3.05, 3.63) is 29.3 Å². The van der Waals surface area contributed by atoms with Crippen LogP contribution in [0, 0.1) is 0 Å². The lowest BCUT2D eigenvalue weighted by Gasteiger charge is -2.33. The summed E-state index contributed by atoms with van der Waals surface area (Å²) in [5.74, 6) is 0.276.